The molecule has 28 heavy (non-hydrogen) atoms. The average Bonchev–Trinajstić information content (AvgIpc) is 2.79. The monoisotopic (exact) mass is 362 g/mol. The van der Waals surface area contributed by atoms with Gasteiger partial charge in [0, 0.05) is 11.1 Å². The number of nitrogens with zero attached hydrogens (tertiary/aromatic N) is 1. The molecule has 0 amide bonds. The number of rotatable bonds is 5. The second-order valence-corrected chi connectivity index (χ2v) is 6.53. The maximum atomic E-state index is 9.91. The Kier molecular flexibility index (Phi) is 5.13. The third-order valence-electron chi connectivity index (χ3n) is 4.66. The molecule has 0 atom stereocenters. The minimum Gasteiger partial charge on any atom is -0.269 e. The van der Waals surface area contributed by atoms with Crippen molar-refractivity contribution in [1.82, 2.24) is 0 Å². The van der Waals surface area contributed by atoms with E-state index in [9.17, 15) is 5.26 Å². The zero-order valence-corrected chi connectivity index (χ0v) is 15.4. The highest BCUT2D eigenvalue weighted by Gasteiger charge is 2.19. The molecular formula is C25H20N3+. The number of nitrogens with one attached hydrogen (secondary N) is 2. The normalized spacial score (nSPS) is 10.2. The molecule has 0 fully saturated rings. The zero-order chi connectivity index (χ0) is 19.2. The lowest BCUT2D eigenvalue weighted by Gasteiger charge is -2.10. The van der Waals surface area contributed by atoms with Gasteiger partial charge in [-0.1, -0.05) is 91.0 Å². The molecule has 1 heterocycles. The van der Waals surface area contributed by atoms with Crippen LogP contribution in [0.1, 0.15) is 11.1 Å². The van der Waals surface area contributed by atoms with Gasteiger partial charge in [0.25, 0.3) is 5.82 Å². The fourth-order valence-corrected chi connectivity index (χ4v) is 3.24. The lowest BCUT2D eigenvalue weighted by Crippen LogP contribution is -2.18. The summed E-state index contributed by atoms with van der Waals surface area (Å²) in [7, 11) is 0. The highest BCUT2D eigenvalue weighted by atomic mass is 15.0. The number of aromatic amines is 1. The third-order valence-corrected chi connectivity index (χ3v) is 4.66. The van der Waals surface area contributed by atoms with Gasteiger partial charge in [-0.3, -0.25) is 5.32 Å². The van der Waals surface area contributed by atoms with E-state index in [1.165, 1.54) is 0 Å². The van der Waals surface area contributed by atoms with Gasteiger partial charge >= 0.3 is 0 Å². The van der Waals surface area contributed by atoms with Crippen molar-refractivity contribution in [1.29, 1.82) is 5.26 Å². The minimum atomic E-state index is 0.613. The van der Waals surface area contributed by atoms with Gasteiger partial charge in [-0.25, -0.2) is 4.98 Å². The molecule has 0 saturated carbocycles. The Morgan fingerprint density at radius 3 is 1.93 bits per heavy atom. The number of hydrogen-bond donors (Lipinski definition) is 1. The van der Waals surface area contributed by atoms with Crippen LogP contribution in [-0.2, 0) is 6.54 Å². The van der Waals surface area contributed by atoms with Crippen LogP contribution >= 0.6 is 0 Å². The van der Waals surface area contributed by atoms with E-state index in [2.05, 4.69) is 46.7 Å². The topological polar surface area (TPSA) is 50.0 Å². The van der Waals surface area contributed by atoms with Crippen LogP contribution in [-0.4, -0.2) is 0 Å². The molecule has 3 nitrogen and oxygen atoms in total. The molecule has 0 aliphatic carbocycles. The number of nitriles is 1. The molecular weight excluding hydrogens is 342 g/mol. The van der Waals surface area contributed by atoms with Gasteiger partial charge in [0.1, 0.15) is 23.9 Å². The van der Waals surface area contributed by atoms with Crippen LogP contribution in [0.4, 0.5) is 5.82 Å². The van der Waals surface area contributed by atoms with Gasteiger partial charge in [0.05, 0.1) is 0 Å². The first kappa shape index (κ1) is 17.5. The van der Waals surface area contributed by atoms with Crippen LogP contribution in [0.25, 0.3) is 22.4 Å². The second-order valence-electron chi connectivity index (χ2n) is 6.53. The molecule has 4 aromatic rings. The molecule has 0 aliphatic rings. The Labute approximate surface area is 164 Å². The Hall–Kier alpha value is -3.90. The van der Waals surface area contributed by atoms with Crippen LogP contribution < -0.4 is 10.3 Å². The lowest BCUT2D eigenvalue weighted by molar-refractivity contribution is -0.347. The van der Waals surface area contributed by atoms with Crippen molar-refractivity contribution in [3.63, 3.8) is 0 Å². The first-order valence-corrected chi connectivity index (χ1v) is 9.24. The van der Waals surface area contributed by atoms with Crippen LogP contribution in [0.5, 0.6) is 0 Å². The highest BCUT2D eigenvalue weighted by Crippen LogP contribution is 2.30. The summed E-state index contributed by atoms with van der Waals surface area (Å²) < 4.78 is 0. The molecule has 3 aromatic carbocycles. The van der Waals surface area contributed by atoms with Crippen LogP contribution in [0.15, 0.2) is 97.1 Å². The fourth-order valence-electron chi connectivity index (χ4n) is 3.24. The molecule has 0 saturated heterocycles. The predicted octanol–water partition coefficient (Wildman–Crippen LogP) is 5.32. The van der Waals surface area contributed by atoms with Crippen molar-refractivity contribution in [2.24, 2.45) is 0 Å². The summed E-state index contributed by atoms with van der Waals surface area (Å²) in [5, 5.41) is 13.3. The van der Waals surface area contributed by atoms with E-state index < -0.39 is 0 Å². The molecule has 0 radical (unpaired) electrons. The smallest absolute Gasteiger partial charge is 0.269 e. The van der Waals surface area contributed by atoms with Crippen LogP contribution in [0.3, 0.4) is 0 Å². The van der Waals surface area contributed by atoms with Crippen molar-refractivity contribution in [2.75, 3.05) is 5.32 Å². The van der Waals surface area contributed by atoms with E-state index >= 15 is 0 Å². The molecule has 4 rings (SSSR count). The van der Waals surface area contributed by atoms with E-state index in [0.717, 1.165) is 33.8 Å². The summed E-state index contributed by atoms with van der Waals surface area (Å²) in [5.74, 6) is 0.728. The van der Waals surface area contributed by atoms with E-state index in [0.29, 0.717) is 12.1 Å². The molecule has 0 unspecified atom stereocenters. The number of aromatic nitrogens is 1. The summed E-state index contributed by atoms with van der Waals surface area (Å²) in [6, 6.07) is 34.8. The zero-order valence-electron chi connectivity index (χ0n) is 15.4. The Bertz CT molecular complexity index is 1100. The molecule has 0 bridgehead atoms. The molecule has 134 valence electrons. The van der Waals surface area contributed by atoms with Crippen LogP contribution in [0, 0.1) is 11.3 Å². The van der Waals surface area contributed by atoms with Crippen molar-refractivity contribution in [2.45, 2.75) is 6.54 Å². The summed E-state index contributed by atoms with van der Waals surface area (Å²) in [6.45, 7) is 0.637. The van der Waals surface area contributed by atoms with E-state index in [-0.39, 0.29) is 0 Å². The van der Waals surface area contributed by atoms with E-state index in [4.69, 9.17) is 0 Å². The Morgan fingerprint density at radius 1 is 0.750 bits per heavy atom. The van der Waals surface area contributed by atoms with Gasteiger partial charge in [0.15, 0.2) is 0 Å². The Balaban J connectivity index is 1.82. The summed E-state index contributed by atoms with van der Waals surface area (Å²) in [6.07, 6.45) is 0. The van der Waals surface area contributed by atoms with Gasteiger partial charge < -0.3 is 0 Å². The van der Waals surface area contributed by atoms with E-state index in [1.807, 2.05) is 66.7 Å². The third kappa shape index (κ3) is 3.77. The van der Waals surface area contributed by atoms with Gasteiger partial charge in [-0.05, 0) is 17.2 Å². The summed E-state index contributed by atoms with van der Waals surface area (Å²) in [5.41, 5.74) is 5.75. The summed E-state index contributed by atoms with van der Waals surface area (Å²) in [4.78, 5) is 3.43. The second kappa shape index (κ2) is 8.20. The molecule has 0 aliphatic heterocycles. The van der Waals surface area contributed by atoms with Crippen molar-refractivity contribution >= 4 is 5.82 Å². The molecule has 2 N–H and O–H groups in total. The van der Waals surface area contributed by atoms with Crippen molar-refractivity contribution in [3.8, 4) is 28.5 Å². The molecule has 1 aromatic heterocycles. The van der Waals surface area contributed by atoms with E-state index in [1.54, 1.807) is 0 Å². The average molecular weight is 362 g/mol. The van der Waals surface area contributed by atoms with Gasteiger partial charge in [-0.15, -0.1) is 0 Å². The van der Waals surface area contributed by atoms with Crippen LogP contribution in [0.2, 0.25) is 0 Å². The number of anilines is 1. The lowest BCUT2D eigenvalue weighted by atomic mass is 9.98. The Morgan fingerprint density at radius 2 is 1.32 bits per heavy atom. The predicted molar refractivity (Wildman–Crippen MR) is 112 cm³/mol. The highest BCUT2D eigenvalue weighted by molar-refractivity contribution is 5.78. The largest absolute Gasteiger partial charge is 0.291 e. The molecule has 0 spiro atoms. The van der Waals surface area contributed by atoms with Crippen molar-refractivity contribution < 1.29 is 4.98 Å². The molecule has 3 heteroatoms. The maximum Gasteiger partial charge on any atom is 0.291 e. The number of H-pyrrole nitrogens is 1. The number of hydrogen-bond acceptors (Lipinski definition) is 2. The SMILES string of the molecule is N#Cc1c(-c2ccccc2)cc(-c2ccccc2)[nH+]c1NCc1ccccc1. The maximum absolute atomic E-state index is 9.91. The minimum absolute atomic E-state index is 0.613. The first-order chi connectivity index (χ1) is 13.8. The first-order valence-electron chi connectivity index (χ1n) is 9.24. The quantitative estimate of drug-likeness (QED) is 0.522. The van der Waals surface area contributed by atoms with Crippen molar-refractivity contribution in [3.05, 3.63) is 108 Å². The van der Waals surface area contributed by atoms with Gasteiger partial charge in [0.2, 0.25) is 0 Å². The number of benzene rings is 3. The summed E-state index contributed by atoms with van der Waals surface area (Å²) >= 11 is 0. The standard InChI is InChI=1S/C25H19N3/c26-17-23-22(20-12-6-2-7-13-20)16-24(21-14-8-3-9-15-21)28-25(23)27-18-19-10-4-1-5-11-19/h1-16H,18H2,(H,27,28)/p+1. The fraction of sp³-hybridized carbons (Fsp3) is 0.0400. The number of pyridine rings is 1. The van der Waals surface area contributed by atoms with Gasteiger partial charge in [-0.2, -0.15) is 5.26 Å².